The van der Waals surface area contributed by atoms with Gasteiger partial charge < -0.3 is 15.8 Å². The Morgan fingerprint density at radius 3 is 2.70 bits per heavy atom. The van der Waals surface area contributed by atoms with Crippen molar-refractivity contribution < 1.29 is 4.74 Å². The minimum Gasteiger partial charge on any atom is -0.497 e. The number of guanidine groups is 1. The highest BCUT2D eigenvalue weighted by molar-refractivity contribution is 5.93. The monoisotopic (exact) mass is 309 g/mol. The van der Waals surface area contributed by atoms with Gasteiger partial charge in [0.2, 0.25) is 0 Å². The number of aliphatic imine (C=N–C) groups is 1. The van der Waals surface area contributed by atoms with Gasteiger partial charge in [0.05, 0.1) is 13.7 Å². The van der Waals surface area contributed by atoms with Crippen LogP contribution in [0.2, 0.25) is 0 Å². The molecular weight excluding hydrogens is 286 g/mol. The highest BCUT2D eigenvalue weighted by Gasteiger charge is 2.13. The molecule has 3 rings (SSSR count). The summed E-state index contributed by atoms with van der Waals surface area (Å²) in [6.45, 7) is 0.553. The molecular formula is C19H23N3O. The van der Waals surface area contributed by atoms with Crippen LogP contribution in [0.15, 0.2) is 47.5 Å². The maximum absolute atomic E-state index is 6.06. The molecule has 0 spiro atoms. The van der Waals surface area contributed by atoms with Crippen molar-refractivity contribution in [2.24, 2.45) is 10.7 Å². The van der Waals surface area contributed by atoms with Crippen LogP contribution in [0.5, 0.6) is 5.75 Å². The molecule has 1 aliphatic carbocycles. The predicted molar refractivity (Wildman–Crippen MR) is 95.0 cm³/mol. The number of aryl methyl sites for hydroxylation is 1. The fourth-order valence-corrected chi connectivity index (χ4v) is 2.98. The van der Waals surface area contributed by atoms with Crippen LogP contribution < -0.4 is 15.8 Å². The van der Waals surface area contributed by atoms with Crippen LogP contribution in [-0.4, -0.2) is 13.1 Å². The summed E-state index contributed by atoms with van der Waals surface area (Å²) in [5, 5.41) is 3.27. The first kappa shape index (κ1) is 15.4. The molecule has 0 heterocycles. The molecule has 4 nitrogen and oxygen atoms in total. The lowest BCUT2D eigenvalue weighted by Crippen LogP contribution is -2.24. The molecule has 0 bridgehead atoms. The van der Waals surface area contributed by atoms with E-state index in [2.05, 4.69) is 28.5 Å². The van der Waals surface area contributed by atoms with Gasteiger partial charge in [-0.3, -0.25) is 0 Å². The zero-order valence-electron chi connectivity index (χ0n) is 13.5. The molecule has 23 heavy (non-hydrogen) atoms. The van der Waals surface area contributed by atoms with Crippen molar-refractivity contribution in [3.8, 4) is 5.75 Å². The number of rotatable bonds is 4. The Hall–Kier alpha value is -2.49. The zero-order chi connectivity index (χ0) is 16.1. The Balaban J connectivity index is 1.67. The lowest BCUT2D eigenvalue weighted by Gasteiger charge is -2.19. The quantitative estimate of drug-likeness (QED) is 0.671. The van der Waals surface area contributed by atoms with E-state index in [9.17, 15) is 0 Å². The van der Waals surface area contributed by atoms with E-state index in [4.69, 9.17) is 10.5 Å². The average molecular weight is 309 g/mol. The van der Waals surface area contributed by atoms with Crippen molar-refractivity contribution >= 4 is 11.6 Å². The van der Waals surface area contributed by atoms with Crippen LogP contribution in [0.4, 0.5) is 5.69 Å². The second-order valence-corrected chi connectivity index (χ2v) is 5.82. The molecule has 0 radical (unpaired) electrons. The molecule has 0 atom stereocenters. The van der Waals surface area contributed by atoms with Gasteiger partial charge in [0, 0.05) is 5.69 Å². The predicted octanol–water partition coefficient (Wildman–Crippen LogP) is 3.50. The van der Waals surface area contributed by atoms with Gasteiger partial charge in [-0.25, -0.2) is 4.99 Å². The molecule has 4 heteroatoms. The number of anilines is 1. The van der Waals surface area contributed by atoms with Crippen molar-refractivity contribution in [2.45, 2.75) is 32.2 Å². The summed E-state index contributed by atoms with van der Waals surface area (Å²) in [5.41, 5.74) is 11.1. The number of benzene rings is 2. The molecule has 0 amide bonds. The number of nitrogens with zero attached hydrogens (tertiary/aromatic N) is 1. The third-order valence-corrected chi connectivity index (χ3v) is 4.25. The molecule has 0 fully saturated rings. The van der Waals surface area contributed by atoms with Gasteiger partial charge in [-0.05, 0) is 60.6 Å². The summed E-state index contributed by atoms with van der Waals surface area (Å²) < 4.78 is 5.15. The molecule has 2 aromatic carbocycles. The lowest BCUT2D eigenvalue weighted by molar-refractivity contribution is 0.414. The standard InChI is InChI=1S/C19H23N3O/c1-23-16-11-9-14(10-12-16)13-21-19(20)22-18-8-4-6-15-5-2-3-7-17(15)18/h4,6,8-12H,2-3,5,7,13H2,1H3,(H3,20,21,22). The topological polar surface area (TPSA) is 59.6 Å². The first-order chi connectivity index (χ1) is 11.3. The minimum atomic E-state index is 0.458. The fourth-order valence-electron chi connectivity index (χ4n) is 2.98. The van der Waals surface area contributed by atoms with Gasteiger partial charge in [-0.1, -0.05) is 24.3 Å². The van der Waals surface area contributed by atoms with E-state index in [0.717, 1.165) is 29.8 Å². The van der Waals surface area contributed by atoms with Gasteiger partial charge >= 0.3 is 0 Å². The average Bonchev–Trinajstić information content (AvgIpc) is 2.61. The van der Waals surface area contributed by atoms with E-state index in [1.54, 1.807) is 7.11 Å². The molecule has 0 saturated heterocycles. The third-order valence-electron chi connectivity index (χ3n) is 4.25. The lowest BCUT2D eigenvalue weighted by atomic mass is 9.90. The highest BCUT2D eigenvalue weighted by Crippen LogP contribution is 2.27. The largest absolute Gasteiger partial charge is 0.497 e. The Morgan fingerprint density at radius 2 is 1.91 bits per heavy atom. The minimum absolute atomic E-state index is 0.458. The Labute approximate surface area is 137 Å². The number of methoxy groups -OCH3 is 1. The van der Waals surface area contributed by atoms with Gasteiger partial charge in [0.15, 0.2) is 5.96 Å². The van der Waals surface area contributed by atoms with Gasteiger partial charge in [0.1, 0.15) is 5.75 Å². The molecule has 1 aliphatic rings. The van der Waals surface area contributed by atoms with Crippen LogP contribution in [0.25, 0.3) is 0 Å². The summed E-state index contributed by atoms with van der Waals surface area (Å²) in [4.78, 5) is 4.44. The van der Waals surface area contributed by atoms with E-state index >= 15 is 0 Å². The zero-order valence-corrected chi connectivity index (χ0v) is 13.5. The second-order valence-electron chi connectivity index (χ2n) is 5.82. The first-order valence-electron chi connectivity index (χ1n) is 8.07. The summed E-state index contributed by atoms with van der Waals surface area (Å²) in [5.74, 6) is 1.31. The summed E-state index contributed by atoms with van der Waals surface area (Å²) in [7, 11) is 1.66. The maximum Gasteiger partial charge on any atom is 0.193 e. The number of nitrogens with two attached hydrogens (primary N) is 1. The molecule has 120 valence electrons. The Kier molecular flexibility index (Phi) is 4.81. The van der Waals surface area contributed by atoms with E-state index in [1.807, 2.05) is 24.3 Å². The molecule has 2 aromatic rings. The van der Waals surface area contributed by atoms with Crippen molar-refractivity contribution in [1.29, 1.82) is 0 Å². The van der Waals surface area contributed by atoms with Crippen molar-refractivity contribution in [3.05, 3.63) is 59.2 Å². The molecule has 0 unspecified atom stereocenters. The Bertz CT molecular complexity index is 692. The van der Waals surface area contributed by atoms with Crippen molar-refractivity contribution in [1.82, 2.24) is 0 Å². The number of fused-ring (bicyclic) bond motifs is 1. The van der Waals surface area contributed by atoms with E-state index in [-0.39, 0.29) is 0 Å². The number of hydrogen-bond donors (Lipinski definition) is 2. The highest BCUT2D eigenvalue weighted by atomic mass is 16.5. The third kappa shape index (κ3) is 3.83. The summed E-state index contributed by atoms with van der Waals surface area (Å²) in [6, 6.07) is 14.2. The SMILES string of the molecule is COc1ccc(CN=C(N)Nc2cccc3c2CCCC3)cc1. The number of hydrogen-bond acceptors (Lipinski definition) is 2. The molecule has 0 aliphatic heterocycles. The Morgan fingerprint density at radius 1 is 1.13 bits per heavy atom. The molecule has 0 aromatic heterocycles. The van der Waals surface area contributed by atoms with Crippen molar-refractivity contribution in [2.75, 3.05) is 12.4 Å². The summed E-state index contributed by atoms with van der Waals surface area (Å²) >= 11 is 0. The van der Waals surface area contributed by atoms with E-state index < -0.39 is 0 Å². The fraction of sp³-hybridized carbons (Fsp3) is 0.316. The maximum atomic E-state index is 6.06. The van der Waals surface area contributed by atoms with E-state index in [0.29, 0.717) is 12.5 Å². The first-order valence-corrected chi connectivity index (χ1v) is 8.07. The van der Waals surface area contributed by atoms with Crippen LogP contribution in [0, 0.1) is 0 Å². The molecule has 0 saturated carbocycles. The van der Waals surface area contributed by atoms with Gasteiger partial charge in [-0.15, -0.1) is 0 Å². The smallest absolute Gasteiger partial charge is 0.193 e. The second kappa shape index (κ2) is 7.18. The normalized spacial score (nSPS) is 14.2. The van der Waals surface area contributed by atoms with Crippen LogP contribution in [0.3, 0.4) is 0 Å². The van der Waals surface area contributed by atoms with Crippen LogP contribution in [0.1, 0.15) is 29.5 Å². The van der Waals surface area contributed by atoms with Gasteiger partial charge in [-0.2, -0.15) is 0 Å². The molecule has 3 N–H and O–H groups in total. The van der Waals surface area contributed by atoms with Crippen molar-refractivity contribution in [3.63, 3.8) is 0 Å². The number of nitrogens with one attached hydrogen (secondary N) is 1. The summed E-state index contributed by atoms with van der Waals surface area (Å²) in [6.07, 6.45) is 4.80. The van der Waals surface area contributed by atoms with Gasteiger partial charge in [0.25, 0.3) is 0 Å². The van der Waals surface area contributed by atoms with Crippen LogP contribution >= 0.6 is 0 Å². The number of ether oxygens (including phenoxy) is 1. The van der Waals surface area contributed by atoms with E-state index in [1.165, 1.54) is 24.0 Å². The van der Waals surface area contributed by atoms with Crippen LogP contribution in [-0.2, 0) is 19.4 Å².